The zero-order valence-corrected chi connectivity index (χ0v) is 15.9. The molecule has 3 rings (SSSR count). The van der Waals surface area contributed by atoms with Crippen LogP contribution in [0.1, 0.15) is 56.0 Å². The van der Waals surface area contributed by atoms with Crippen LogP contribution in [0.2, 0.25) is 0 Å². The minimum absolute atomic E-state index is 0.0674. The second-order valence-corrected chi connectivity index (χ2v) is 7.70. The number of nitrogens with one attached hydrogen (secondary N) is 1. The van der Waals surface area contributed by atoms with Crippen molar-refractivity contribution in [2.24, 2.45) is 0 Å². The number of aryl methyl sites for hydroxylation is 2. The van der Waals surface area contributed by atoms with Crippen molar-refractivity contribution in [2.45, 2.75) is 71.4 Å². The van der Waals surface area contributed by atoms with Gasteiger partial charge in [0, 0.05) is 30.7 Å². The van der Waals surface area contributed by atoms with E-state index >= 15 is 0 Å². The number of urea groups is 1. The molecule has 0 spiro atoms. The van der Waals surface area contributed by atoms with Gasteiger partial charge in [-0.25, -0.2) is 4.79 Å². The standard InChI is InChI=1S/C19H32N4O2/c1-14(12-18-15(2)21-25-16(18)3)20-19(24)23-11-5-4-8-17(13-23)22-9-6-7-10-22/h14,17H,4-13H2,1-3H3,(H,20,24)/t14-,17-/m1/s1. The van der Waals surface area contributed by atoms with Gasteiger partial charge in [0.15, 0.2) is 0 Å². The number of aromatic nitrogens is 1. The normalized spacial score (nSPS) is 23.5. The van der Waals surface area contributed by atoms with Crippen molar-refractivity contribution in [3.05, 3.63) is 17.0 Å². The largest absolute Gasteiger partial charge is 0.361 e. The first-order valence-electron chi connectivity index (χ1n) is 9.76. The van der Waals surface area contributed by atoms with Gasteiger partial charge in [-0.05, 0) is 66.0 Å². The summed E-state index contributed by atoms with van der Waals surface area (Å²) in [4.78, 5) is 17.4. The van der Waals surface area contributed by atoms with Crippen LogP contribution in [0.4, 0.5) is 4.79 Å². The van der Waals surface area contributed by atoms with Crippen molar-refractivity contribution in [2.75, 3.05) is 26.2 Å². The molecule has 2 atom stereocenters. The monoisotopic (exact) mass is 348 g/mol. The highest BCUT2D eigenvalue weighted by Crippen LogP contribution is 2.21. The summed E-state index contributed by atoms with van der Waals surface area (Å²) in [6, 6.07) is 0.678. The van der Waals surface area contributed by atoms with Crippen LogP contribution in [0.25, 0.3) is 0 Å². The number of amides is 2. The molecule has 25 heavy (non-hydrogen) atoms. The molecule has 6 nitrogen and oxygen atoms in total. The molecule has 2 aliphatic rings. The van der Waals surface area contributed by atoms with E-state index < -0.39 is 0 Å². The molecule has 6 heteroatoms. The van der Waals surface area contributed by atoms with E-state index in [1.165, 1.54) is 38.8 Å². The van der Waals surface area contributed by atoms with E-state index in [1.807, 2.05) is 18.7 Å². The van der Waals surface area contributed by atoms with Crippen LogP contribution >= 0.6 is 0 Å². The maximum absolute atomic E-state index is 12.8. The number of rotatable bonds is 4. The fourth-order valence-corrected chi connectivity index (χ4v) is 4.16. The van der Waals surface area contributed by atoms with E-state index in [1.54, 1.807) is 0 Å². The lowest BCUT2D eigenvalue weighted by molar-refractivity contribution is 0.164. The molecule has 2 fully saturated rings. The van der Waals surface area contributed by atoms with Gasteiger partial charge in [0.2, 0.25) is 0 Å². The molecule has 0 bridgehead atoms. The Bertz CT molecular complexity index is 560. The molecule has 0 aromatic carbocycles. The van der Waals surface area contributed by atoms with Crippen molar-refractivity contribution < 1.29 is 9.32 Å². The van der Waals surface area contributed by atoms with E-state index in [0.717, 1.165) is 42.9 Å². The van der Waals surface area contributed by atoms with Gasteiger partial charge in [-0.3, -0.25) is 4.90 Å². The fourth-order valence-electron chi connectivity index (χ4n) is 4.16. The highest BCUT2D eigenvalue weighted by molar-refractivity contribution is 5.74. The number of carbonyl (C=O) groups excluding carboxylic acids is 1. The van der Waals surface area contributed by atoms with Gasteiger partial charge >= 0.3 is 6.03 Å². The van der Waals surface area contributed by atoms with Gasteiger partial charge in [-0.15, -0.1) is 0 Å². The average molecular weight is 348 g/mol. The van der Waals surface area contributed by atoms with Crippen LogP contribution < -0.4 is 5.32 Å². The van der Waals surface area contributed by atoms with Crippen LogP contribution in [0.5, 0.6) is 0 Å². The number of hydrogen-bond donors (Lipinski definition) is 1. The van der Waals surface area contributed by atoms with Gasteiger partial charge in [0.25, 0.3) is 0 Å². The summed E-state index contributed by atoms with van der Waals surface area (Å²) in [5, 5.41) is 7.18. The van der Waals surface area contributed by atoms with Crippen molar-refractivity contribution in [3.63, 3.8) is 0 Å². The Kier molecular flexibility index (Phi) is 5.99. The molecule has 0 aliphatic carbocycles. The zero-order chi connectivity index (χ0) is 17.8. The topological polar surface area (TPSA) is 61.6 Å². The van der Waals surface area contributed by atoms with Crippen LogP contribution in [0.15, 0.2) is 4.52 Å². The summed E-state index contributed by atoms with van der Waals surface area (Å²) in [6.45, 7) is 10.1. The second kappa shape index (κ2) is 8.21. The highest BCUT2D eigenvalue weighted by atomic mass is 16.5. The molecule has 0 unspecified atom stereocenters. The fraction of sp³-hybridized carbons (Fsp3) is 0.789. The first-order valence-corrected chi connectivity index (χ1v) is 9.76. The van der Waals surface area contributed by atoms with Crippen molar-refractivity contribution in [1.29, 1.82) is 0 Å². The highest BCUT2D eigenvalue weighted by Gasteiger charge is 2.28. The molecule has 0 radical (unpaired) electrons. The van der Waals surface area contributed by atoms with Gasteiger partial charge in [-0.1, -0.05) is 11.6 Å². The molecule has 0 saturated carbocycles. The van der Waals surface area contributed by atoms with Gasteiger partial charge in [-0.2, -0.15) is 0 Å². The van der Waals surface area contributed by atoms with Crippen LogP contribution in [-0.4, -0.2) is 59.3 Å². The number of nitrogens with zero attached hydrogens (tertiary/aromatic N) is 3. The van der Waals surface area contributed by atoms with Crippen molar-refractivity contribution in [1.82, 2.24) is 20.3 Å². The predicted molar refractivity (Wildman–Crippen MR) is 97.7 cm³/mol. The summed E-state index contributed by atoms with van der Waals surface area (Å²) >= 11 is 0. The van der Waals surface area contributed by atoms with Gasteiger partial charge in [0.1, 0.15) is 5.76 Å². The summed E-state index contributed by atoms with van der Waals surface area (Å²) in [5.74, 6) is 0.850. The molecular formula is C19H32N4O2. The summed E-state index contributed by atoms with van der Waals surface area (Å²) in [7, 11) is 0. The number of likely N-dealkylation sites (tertiary alicyclic amines) is 2. The van der Waals surface area contributed by atoms with E-state index in [4.69, 9.17) is 4.52 Å². The number of hydrogen-bond acceptors (Lipinski definition) is 4. The first-order chi connectivity index (χ1) is 12.0. The average Bonchev–Trinajstić information content (AvgIpc) is 3.14. The third-order valence-corrected chi connectivity index (χ3v) is 5.65. The second-order valence-electron chi connectivity index (χ2n) is 7.70. The van der Waals surface area contributed by atoms with E-state index in [2.05, 4.69) is 22.3 Å². The maximum atomic E-state index is 12.8. The van der Waals surface area contributed by atoms with Crippen molar-refractivity contribution in [3.8, 4) is 0 Å². The minimum Gasteiger partial charge on any atom is -0.361 e. The smallest absolute Gasteiger partial charge is 0.317 e. The van der Waals surface area contributed by atoms with Gasteiger partial charge < -0.3 is 14.7 Å². The summed E-state index contributed by atoms with van der Waals surface area (Å²) < 4.78 is 5.23. The Hall–Kier alpha value is -1.56. The summed E-state index contributed by atoms with van der Waals surface area (Å²) in [6.07, 6.45) is 6.92. The lowest BCUT2D eigenvalue weighted by Crippen LogP contribution is -2.49. The molecule has 3 heterocycles. The van der Waals surface area contributed by atoms with Crippen LogP contribution in [0, 0.1) is 13.8 Å². The van der Waals surface area contributed by atoms with E-state index in [0.29, 0.717) is 6.04 Å². The first kappa shape index (κ1) is 18.2. The predicted octanol–water partition coefficient (Wildman–Crippen LogP) is 2.88. The molecule has 2 amide bonds. The molecule has 1 aromatic rings. The molecular weight excluding hydrogens is 316 g/mol. The molecule has 1 N–H and O–H groups in total. The Labute approximate surface area is 150 Å². The molecule has 1 aromatic heterocycles. The Morgan fingerprint density at radius 2 is 1.96 bits per heavy atom. The lowest BCUT2D eigenvalue weighted by atomic mass is 10.1. The Morgan fingerprint density at radius 3 is 2.64 bits per heavy atom. The van der Waals surface area contributed by atoms with E-state index in [-0.39, 0.29) is 12.1 Å². The quantitative estimate of drug-likeness (QED) is 0.909. The van der Waals surface area contributed by atoms with Gasteiger partial charge in [0.05, 0.1) is 5.69 Å². The number of carbonyl (C=O) groups is 1. The zero-order valence-electron chi connectivity index (χ0n) is 15.9. The molecule has 140 valence electrons. The Morgan fingerprint density at radius 1 is 1.24 bits per heavy atom. The third-order valence-electron chi connectivity index (χ3n) is 5.65. The third kappa shape index (κ3) is 4.54. The Balaban J connectivity index is 1.55. The maximum Gasteiger partial charge on any atom is 0.317 e. The van der Waals surface area contributed by atoms with E-state index in [9.17, 15) is 4.79 Å². The minimum atomic E-state index is 0.0674. The van der Waals surface area contributed by atoms with Crippen LogP contribution in [-0.2, 0) is 6.42 Å². The van der Waals surface area contributed by atoms with Crippen LogP contribution in [0.3, 0.4) is 0 Å². The molecule has 2 aliphatic heterocycles. The SMILES string of the molecule is Cc1noc(C)c1C[C@@H](C)NC(=O)N1CCCC[C@@H](N2CCCC2)C1. The lowest BCUT2D eigenvalue weighted by Gasteiger charge is -2.31. The molecule has 2 saturated heterocycles. The summed E-state index contributed by atoms with van der Waals surface area (Å²) in [5.41, 5.74) is 2.03. The van der Waals surface area contributed by atoms with Crippen molar-refractivity contribution >= 4 is 6.03 Å².